The fourth-order valence-corrected chi connectivity index (χ4v) is 4.41. The number of carbonyl (C=O) groups excluding carboxylic acids is 1. The van der Waals surface area contributed by atoms with Gasteiger partial charge in [-0.1, -0.05) is 60.7 Å². The highest BCUT2D eigenvalue weighted by Crippen LogP contribution is 2.36. The molecule has 3 aromatic carbocycles. The van der Waals surface area contributed by atoms with Gasteiger partial charge in [-0.3, -0.25) is 4.79 Å². The van der Waals surface area contributed by atoms with Crippen molar-refractivity contribution in [2.75, 3.05) is 33.5 Å². The zero-order valence-corrected chi connectivity index (χ0v) is 19.1. The SMILES string of the molecule is COc1ccccc1-c1cccc(CC2(C(=O)NCCOc3ccccc3)CCOCC2)c1. The van der Waals surface area contributed by atoms with Crippen molar-refractivity contribution in [2.45, 2.75) is 19.3 Å². The highest BCUT2D eigenvalue weighted by Gasteiger charge is 2.40. The fraction of sp³-hybridized carbons (Fsp3) is 0.321. The minimum Gasteiger partial charge on any atom is -0.496 e. The molecule has 0 unspecified atom stereocenters. The Morgan fingerprint density at radius 1 is 0.970 bits per heavy atom. The molecule has 0 bridgehead atoms. The Bertz CT molecular complexity index is 1040. The van der Waals surface area contributed by atoms with Gasteiger partial charge in [0.1, 0.15) is 18.1 Å². The van der Waals surface area contributed by atoms with Crippen LogP contribution in [0.3, 0.4) is 0 Å². The summed E-state index contributed by atoms with van der Waals surface area (Å²) in [4.78, 5) is 13.3. The van der Waals surface area contributed by atoms with Gasteiger partial charge in [0.05, 0.1) is 19.1 Å². The van der Waals surface area contributed by atoms with Crippen LogP contribution in [-0.2, 0) is 16.0 Å². The fourth-order valence-electron chi connectivity index (χ4n) is 4.41. The predicted octanol–water partition coefficient (Wildman–Crippen LogP) is 4.90. The van der Waals surface area contributed by atoms with E-state index in [0.717, 1.165) is 28.2 Å². The monoisotopic (exact) mass is 445 g/mol. The molecule has 3 aromatic rings. The van der Waals surface area contributed by atoms with Gasteiger partial charge in [0.25, 0.3) is 0 Å². The average Bonchev–Trinajstić information content (AvgIpc) is 2.88. The van der Waals surface area contributed by atoms with Crippen LogP contribution in [0.25, 0.3) is 11.1 Å². The van der Waals surface area contributed by atoms with Crippen LogP contribution in [-0.4, -0.2) is 39.4 Å². The molecule has 5 nitrogen and oxygen atoms in total. The van der Waals surface area contributed by atoms with Crippen molar-refractivity contribution < 1.29 is 19.0 Å². The summed E-state index contributed by atoms with van der Waals surface area (Å²) in [6.07, 6.45) is 2.08. The highest BCUT2D eigenvalue weighted by molar-refractivity contribution is 5.83. The standard InChI is InChI=1S/C28H31NO4/c1-31-26-13-6-5-12-25(26)23-9-7-8-22(20-23)21-28(14-17-32-18-15-28)27(30)29-16-19-33-24-10-3-2-4-11-24/h2-13,20H,14-19,21H2,1H3,(H,29,30). The topological polar surface area (TPSA) is 56.8 Å². The maximum atomic E-state index is 13.3. The maximum Gasteiger partial charge on any atom is 0.226 e. The minimum absolute atomic E-state index is 0.0742. The largest absolute Gasteiger partial charge is 0.496 e. The first-order valence-electron chi connectivity index (χ1n) is 11.5. The third-order valence-corrected chi connectivity index (χ3v) is 6.22. The van der Waals surface area contributed by atoms with Crippen LogP contribution in [0.1, 0.15) is 18.4 Å². The van der Waals surface area contributed by atoms with Crippen molar-refractivity contribution in [2.24, 2.45) is 5.41 Å². The molecule has 1 amide bonds. The molecule has 1 aliphatic heterocycles. The van der Waals surface area contributed by atoms with Crippen molar-refractivity contribution in [3.05, 3.63) is 84.4 Å². The van der Waals surface area contributed by atoms with Gasteiger partial charge in [-0.15, -0.1) is 0 Å². The third-order valence-electron chi connectivity index (χ3n) is 6.22. The summed E-state index contributed by atoms with van der Waals surface area (Å²) in [6.45, 7) is 2.10. The summed E-state index contributed by atoms with van der Waals surface area (Å²) in [5.74, 6) is 1.72. The van der Waals surface area contributed by atoms with Gasteiger partial charge in [0.15, 0.2) is 0 Å². The van der Waals surface area contributed by atoms with Crippen molar-refractivity contribution in [3.8, 4) is 22.6 Å². The van der Waals surface area contributed by atoms with E-state index in [2.05, 4.69) is 35.6 Å². The van der Waals surface area contributed by atoms with Gasteiger partial charge in [-0.05, 0) is 48.6 Å². The van der Waals surface area contributed by atoms with Gasteiger partial charge in [0, 0.05) is 18.8 Å². The Balaban J connectivity index is 1.45. The quantitative estimate of drug-likeness (QED) is 0.476. The van der Waals surface area contributed by atoms with Crippen LogP contribution in [0.5, 0.6) is 11.5 Å². The van der Waals surface area contributed by atoms with E-state index in [4.69, 9.17) is 14.2 Å². The molecule has 0 saturated carbocycles. The molecule has 172 valence electrons. The molecule has 0 aromatic heterocycles. The number of para-hydroxylation sites is 2. The van der Waals surface area contributed by atoms with Crippen molar-refractivity contribution in [1.82, 2.24) is 5.32 Å². The van der Waals surface area contributed by atoms with Crippen LogP contribution >= 0.6 is 0 Å². The molecule has 1 heterocycles. The number of hydrogen-bond acceptors (Lipinski definition) is 4. The first kappa shape index (κ1) is 22.9. The lowest BCUT2D eigenvalue weighted by atomic mass is 9.74. The third kappa shape index (κ3) is 5.74. The van der Waals surface area contributed by atoms with Crippen molar-refractivity contribution in [1.29, 1.82) is 0 Å². The highest BCUT2D eigenvalue weighted by atomic mass is 16.5. The van der Waals surface area contributed by atoms with Crippen LogP contribution < -0.4 is 14.8 Å². The Labute approximate surface area is 195 Å². The Hall–Kier alpha value is -3.31. The Kier molecular flexibility index (Phi) is 7.63. The van der Waals surface area contributed by atoms with E-state index in [9.17, 15) is 4.79 Å². The molecule has 33 heavy (non-hydrogen) atoms. The van der Waals surface area contributed by atoms with E-state index in [1.165, 1.54) is 0 Å². The zero-order chi connectivity index (χ0) is 22.9. The number of hydrogen-bond donors (Lipinski definition) is 1. The van der Waals surface area contributed by atoms with Gasteiger partial charge < -0.3 is 19.5 Å². The number of methoxy groups -OCH3 is 1. The van der Waals surface area contributed by atoms with E-state index in [0.29, 0.717) is 45.6 Å². The molecule has 0 spiro atoms. The summed E-state index contributed by atoms with van der Waals surface area (Å²) < 4.78 is 16.9. The van der Waals surface area contributed by atoms with E-state index in [1.807, 2.05) is 48.5 Å². The van der Waals surface area contributed by atoms with E-state index in [-0.39, 0.29) is 5.91 Å². The van der Waals surface area contributed by atoms with Crippen LogP contribution in [0.2, 0.25) is 0 Å². The summed E-state index contributed by atoms with van der Waals surface area (Å²) in [5.41, 5.74) is 2.79. The van der Waals surface area contributed by atoms with Gasteiger partial charge in [-0.25, -0.2) is 0 Å². The molecule has 1 saturated heterocycles. The lowest BCUT2D eigenvalue weighted by Crippen LogP contribution is -2.47. The lowest BCUT2D eigenvalue weighted by molar-refractivity contribution is -0.136. The molecular formula is C28H31NO4. The van der Waals surface area contributed by atoms with E-state index >= 15 is 0 Å². The lowest BCUT2D eigenvalue weighted by Gasteiger charge is -2.36. The first-order valence-corrected chi connectivity index (χ1v) is 11.5. The van der Waals surface area contributed by atoms with Crippen LogP contribution in [0.15, 0.2) is 78.9 Å². The van der Waals surface area contributed by atoms with Gasteiger partial charge >= 0.3 is 0 Å². The molecule has 1 fully saturated rings. The molecule has 0 radical (unpaired) electrons. The summed E-state index contributed by atoms with van der Waals surface area (Å²) in [6, 6.07) is 26.0. The number of ether oxygens (including phenoxy) is 3. The first-order chi connectivity index (χ1) is 16.2. The molecule has 5 heteroatoms. The number of amides is 1. The molecular weight excluding hydrogens is 414 g/mol. The second-order valence-corrected chi connectivity index (χ2v) is 8.39. The smallest absolute Gasteiger partial charge is 0.226 e. The predicted molar refractivity (Wildman–Crippen MR) is 130 cm³/mol. The zero-order valence-electron chi connectivity index (χ0n) is 19.1. The number of rotatable bonds is 9. The molecule has 4 rings (SSSR count). The van der Waals surface area contributed by atoms with Crippen LogP contribution in [0.4, 0.5) is 0 Å². The number of nitrogens with one attached hydrogen (secondary N) is 1. The molecule has 0 aliphatic carbocycles. The summed E-state index contributed by atoms with van der Waals surface area (Å²) in [5, 5.41) is 3.11. The summed E-state index contributed by atoms with van der Waals surface area (Å²) >= 11 is 0. The van der Waals surface area contributed by atoms with Crippen LogP contribution in [0, 0.1) is 5.41 Å². The van der Waals surface area contributed by atoms with E-state index in [1.54, 1.807) is 7.11 Å². The average molecular weight is 446 g/mol. The Morgan fingerprint density at radius 3 is 2.52 bits per heavy atom. The second kappa shape index (κ2) is 11.0. The van der Waals surface area contributed by atoms with Gasteiger partial charge in [-0.2, -0.15) is 0 Å². The van der Waals surface area contributed by atoms with Crippen molar-refractivity contribution in [3.63, 3.8) is 0 Å². The van der Waals surface area contributed by atoms with E-state index < -0.39 is 5.41 Å². The molecule has 0 atom stereocenters. The van der Waals surface area contributed by atoms with Gasteiger partial charge in [0.2, 0.25) is 5.91 Å². The second-order valence-electron chi connectivity index (χ2n) is 8.39. The normalized spacial score (nSPS) is 14.9. The Morgan fingerprint density at radius 2 is 1.73 bits per heavy atom. The maximum absolute atomic E-state index is 13.3. The summed E-state index contributed by atoms with van der Waals surface area (Å²) in [7, 11) is 1.69. The molecule has 1 aliphatic rings. The number of carbonyl (C=O) groups is 1. The molecule has 1 N–H and O–H groups in total. The van der Waals surface area contributed by atoms with Crippen molar-refractivity contribution >= 4 is 5.91 Å². The number of benzene rings is 3. The minimum atomic E-state index is -0.482.